The van der Waals surface area contributed by atoms with Gasteiger partial charge in [-0.2, -0.15) is 0 Å². The smallest absolute Gasteiger partial charge is 0.00742 e. The highest BCUT2D eigenvalue weighted by Gasteiger charge is 1.96. The second-order valence-electron chi connectivity index (χ2n) is 2.35. The molecule has 0 atom stereocenters. The van der Waals surface area contributed by atoms with Crippen molar-refractivity contribution in [1.82, 2.24) is 0 Å². The lowest BCUT2D eigenvalue weighted by atomic mass is 10.1. The van der Waals surface area contributed by atoms with Crippen molar-refractivity contribution < 1.29 is 0 Å². The first-order valence-corrected chi connectivity index (χ1v) is 3.48. The van der Waals surface area contributed by atoms with Crippen molar-refractivity contribution in [3.63, 3.8) is 0 Å². The minimum atomic E-state index is 0.817. The molecule has 1 heteroatoms. The summed E-state index contributed by atoms with van der Waals surface area (Å²) in [6.45, 7) is 0.817. The number of hydrogen-bond donors (Lipinski definition) is 1. The Balaban J connectivity index is 2.14. The summed E-state index contributed by atoms with van der Waals surface area (Å²) >= 11 is 0. The highest BCUT2D eigenvalue weighted by Crippen LogP contribution is 2.14. The van der Waals surface area contributed by atoms with Gasteiger partial charge in [-0.25, -0.2) is 0 Å². The molecule has 0 saturated carbocycles. The van der Waals surface area contributed by atoms with E-state index in [-0.39, 0.29) is 0 Å². The molecule has 1 aliphatic carbocycles. The van der Waals surface area contributed by atoms with Crippen LogP contribution in [0.2, 0.25) is 0 Å². The molecule has 0 spiro atoms. The van der Waals surface area contributed by atoms with E-state index in [2.05, 4.69) is 18.2 Å². The van der Waals surface area contributed by atoms with Gasteiger partial charge in [-0.15, -0.1) is 0 Å². The van der Waals surface area contributed by atoms with Crippen molar-refractivity contribution in [1.29, 1.82) is 0 Å². The summed E-state index contributed by atoms with van der Waals surface area (Å²) in [7, 11) is 0. The number of nitrogens with two attached hydrogens (primary N) is 1. The van der Waals surface area contributed by atoms with E-state index in [9.17, 15) is 0 Å². The van der Waals surface area contributed by atoms with E-state index >= 15 is 0 Å². The monoisotopic (exact) mass is 123 g/mol. The maximum atomic E-state index is 5.36. The van der Waals surface area contributed by atoms with Crippen LogP contribution in [0.3, 0.4) is 0 Å². The Labute approximate surface area is 56.2 Å². The van der Waals surface area contributed by atoms with Gasteiger partial charge in [-0.05, 0) is 25.8 Å². The molecule has 0 bridgehead atoms. The maximum absolute atomic E-state index is 5.36. The van der Waals surface area contributed by atoms with Crippen LogP contribution in [0.15, 0.2) is 23.8 Å². The maximum Gasteiger partial charge on any atom is -0.00742 e. The standard InChI is InChI=1S/C8H13N/c9-7-3-6-8-4-1-2-5-8/h1-2,4H,3,5-7,9H2. The molecule has 0 fully saturated rings. The Kier molecular flexibility index (Phi) is 2.52. The Morgan fingerprint density at radius 3 is 3.00 bits per heavy atom. The molecule has 50 valence electrons. The fourth-order valence-corrected chi connectivity index (χ4v) is 1.01. The highest BCUT2D eigenvalue weighted by molar-refractivity contribution is 5.22. The molecular weight excluding hydrogens is 110 g/mol. The van der Waals surface area contributed by atoms with E-state index in [0.29, 0.717) is 0 Å². The molecule has 0 aromatic carbocycles. The predicted molar refractivity (Wildman–Crippen MR) is 40.1 cm³/mol. The normalized spacial score (nSPS) is 16.3. The van der Waals surface area contributed by atoms with Gasteiger partial charge in [0.2, 0.25) is 0 Å². The Morgan fingerprint density at radius 2 is 2.44 bits per heavy atom. The van der Waals surface area contributed by atoms with Crippen LogP contribution in [0.4, 0.5) is 0 Å². The van der Waals surface area contributed by atoms with Crippen LogP contribution >= 0.6 is 0 Å². The zero-order valence-corrected chi connectivity index (χ0v) is 5.64. The average Bonchev–Trinajstić information content (AvgIpc) is 2.34. The Bertz CT molecular complexity index is 134. The van der Waals surface area contributed by atoms with Gasteiger partial charge in [0.05, 0.1) is 0 Å². The molecule has 0 unspecified atom stereocenters. The molecule has 0 saturated heterocycles. The Hall–Kier alpha value is -0.560. The van der Waals surface area contributed by atoms with Crippen LogP contribution in [0.5, 0.6) is 0 Å². The van der Waals surface area contributed by atoms with Gasteiger partial charge in [0.25, 0.3) is 0 Å². The lowest BCUT2D eigenvalue weighted by Crippen LogP contribution is -1.98. The van der Waals surface area contributed by atoms with Crippen LogP contribution in [0.25, 0.3) is 0 Å². The molecule has 1 nitrogen and oxygen atoms in total. The van der Waals surface area contributed by atoms with Crippen LogP contribution in [0.1, 0.15) is 19.3 Å². The van der Waals surface area contributed by atoms with Crippen molar-refractivity contribution in [2.24, 2.45) is 5.73 Å². The molecule has 0 aliphatic heterocycles. The third kappa shape index (κ3) is 2.02. The summed E-state index contributed by atoms with van der Waals surface area (Å²) in [5.41, 5.74) is 6.89. The van der Waals surface area contributed by atoms with Crippen molar-refractivity contribution in [2.45, 2.75) is 19.3 Å². The van der Waals surface area contributed by atoms with Gasteiger partial charge in [0.1, 0.15) is 0 Å². The second kappa shape index (κ2) is 3.46. The summed E-state index contributed by atoms with van der Waals surface area (Å²) in [5, 5.41) is 0. The summed E-state index contributed by atoms with van der Waals surface area (Å²) < 4.78 is 0. The van der Waals surface area contributed by atoms with Crippen LogP contribution in [-0.4, -0.2) is 6.54 Å². The van der Waals surface area contributed by atoms with Gasteiger partial charge in [0, 0.05) is 0 Å². The first-order valence-electron chi connectivity index (χ1n) is 3.48. The first kappa shape index (κ1) is 6.56. The number of allylic oxidation sites excluding steroid dienone is 4. The second-order valence-corrected chi connectivity index (χ2v) is 2.35. The van der Waals surface area contributed by atoms with Crippen molar-refractivity contribution in [2.75, 3.05) is 6.54 Å². The summed E-state index contributed by atoms with van der Waals surface area (Å²) in [6.07, 6.45) is 9.96. The van der Waals surface area contributed by atoms with E-state index in [1.807, 2.05) is 0 Å². The molecule has 2 N–H and O–H groups in total. The molecule has 9 heavy (non-hydrogen) atoms. The quantitative estimate of drug-likeness (QED) is 0.606. The van der Waals surface area contributed by atoms with Crippen LogP contribution in [-0.2, 0) is 0 Å². The molecule has 1 rings (SSSR count). The first-order chi connectivity index (χ1) is 4.43. The molecular formula is C8H13N. The van der Waals surface area contributed by atoms with Crippen molar-refractivity contribution >= 4 is 0 Å². The minimum Gasteiger partial charge on any atom is -0.330 e. The van der Waals surface area contributed by atoms with Crippen molar-refractivity contribution in [3.05, 3.63) is 23.8 Å². The van der Waals surface area contributed by atoms with E-state index in [1.165, 1.54) is 12.0 Å². The van der Waals surface area contributed by atoms with Crippen LogP contribution < -0.4 is 5.73 Å². The van der Waals surface area contributed by atoms with Gasteiger partial charge in [0.15, 0.2) is 0 Å². The fraction of sp³-hybridized carbons (Fsp3) is 0.500. The summed E-state index contributed by atoms with van der Waals surface area (Å²) in [5.74, 6) is 0. The van der Waals surface area contributed by atoms with Gasteiger partial charge < -0.3 is 5.73 Å². The van der Waals surface area contributed by atoms with E-state index < -0.39 is 0 Å². The van der Waals surface area contributed by atoms with E-state index in [0.717, 1.165) is 19.4 Å². The third-order valence-corrected chi connectivity index (χ3v) is 1.55. The topological polar surface area (TPSA) is 26.0 Å². The third-order valence-electron chi connectivity index (χ3n) is 1.55. The molecule has 1 aliphatic rings. The van der Waals surface area contributed by atoms with Gasteiger partial charge in [-0.3, -0.25) is 0 Å². The van der Waals surface area contributed by atoms with Gasteiger partial charge >= 0.3 is 0 Å². The lowest BCUT2D eigenvalue weighted by molar-refractivity contribution is 0.813. The molecule has 0 radical (unpaired) electrons. The predicted octanol–water partition coefficient (Wildman–Crippen LogP) is 1.61. The average molecular weight is 123 g/mol. The minimum absolute atomic E-state index is 0.817. The van der Waals surface area contributed by atoms with Crippen LogP contribution in [0, 0.1) is 0 Å². The lowest BCUT2D eigenvalue weighted by Gasteiger charge is -1.96. The summed E-state index contributed by atoms with van der Waals surface area (Å²) in [4.78, 5) is 0. The molecule has 0 aromatic rings. The van der Waals surface area contributed by atoms with E-state index in [1.54, 1.807) is 0 Å². The number of rotatable bonds is 3. The molecule has 0 heterocycles. The SMILES string of the molecule is NCCCC1=CC=CC1. The molecule has 0 aromatic heterocycles. The highest BCUT2D eigenvalue weighted by atomic mass is 14.5. The zero-order valence-electron chi connectivity index (χ0n) is 5.64. The van der Waals surface area contributed by atoms with Gasteiger partial charge in [-0.1, -0.05) is 23.8 Å². The zero-order chi connectivity index (χ0) is 6.53. The fourth-order valence-electron chi connectivity index (χ4n) is 1.01. The number of hydrogen-bond acceptors (Lipinski definition) is 1. The van der Waals surface area contributed by atoms with E-state index in [4.69, 9.17) is 5.73 Å². The largest absolute Gasteiger partial charge is 0.330 e. The Morgan fingerprint density at radius 1 is 1.56 bits per heavy atom. The summed E-state index contributed by atoms with van der Waals surface area (Å²) in [6, 6.07) is 0. The van der Waals surface area contributed by atoms with Crippen molar-refractivity contribution in [3.8, 4) is 0 Å². The molecule has 0 amide bonds.